The summed E-state index contributed by atoms with van der Waals surface area (Å²) in [6, 6.07) is 40.8. The number of aromatic nitrogens is 1. The molecule has 0 bridgehead atoms. The number of aromatic amines is 1. The fourth-order valence-electron chi connectivity index (χ4n) is 6.96. The molecule has 2 atom stereocenters. The van der Waals surface area contributed by atoms with Gasteiger partial charge in [0.15, 0.2) is 0 Å². The van der Waals surface area contributed by atoms with Gasteiger partial charge in [-0.15, -0.1) is 0 Å². The van der Waals surface area contributed by atoms with Gasteiger partial charge in [-0.1, -0.05) is 72.8 Å². The number of rotatable bonds is 13. The van der Waals surface area contributed by atoms with Crippen molar-refractivity contribution in [3.63, 3.8) is 0 Å². The molecule has 1 aliphatic heterocycles. The maximum Gasteiger partial charge on any atom is 0.359 e. The number of carbonyl (C=O) groups excluding carboxylic acids is 2. The number of nitrogens with one attached hydrogen (secondary N) is 1. The summed E-state index contributed by atoms with van der Waals surface area (Å²) in [5, 5.41) is 0.798. The Morgan fingerprint density at radius 2 is 1.42 bits per heavy atom. The van der Waals surface area contributed by atoms with E-state index >= 15 is 0 Å². The van der Waals surface area contributed by atoms with Crippen LogP contribution in [0.4, 0.5) is 15.6 Å². The van der Waals surface area contributed by atoms with E-state index in [-0.39, 0.29) is 24.9 Å². The minimum atomic E-state index is -2.43. The van der Waals surface area contributed by atoms with Crippen LogP contribution in [0.5, 0.6) is 11.5 Å². The third kappa shape index (κ3) is 7.36. The number of amides is 1. The number of nitrogens with zero attached hydrogens (tertiary/aromatic N) is 2. The molecule has 1 aromatic heterocycles. The summed E-state index contributed by atoms with van der Waals surface area (Å²) in [6.45, 7) is 0.545. The molecule has 1 amide bonds. The molecule has 12 heteroatoms. The van der Waals surface area contributed by atoms with Gasteiger partial charge in [0.1, 0.15) is 29.5 Å². The van der Waals surface area contributed by atoms with E-state index in [0.717, 1.165) is 50.5 Å². The van der Waals surface area contributed by atoms with Gasteiger partial charge >= 0.3 is 5.97 Å². The summed E-state index contributed by atoms with van der Waals surface area (Å²) >= 11 is 0. The normalized spacial score (nSPS) is 13.0. The Hall–Kier alpha value is -5.27. The van der Waals surface area contributed by atoms with Crippen LogP contribution in [0.1, 0.15) is 32.7 Å². The average molecular weight is 750 g/mol. The van der Waals surface area contributed by atoms with Crippen LogP contribution in [-0.4, -0.2) is 50.9 Å². The average Bonchev–Trinajstić information content (AvgIpc) is 3.84. The highest BCUT2D eigenvalue weighted by atomic mass is 32.0. The second-order valence-electron chi connectivity index (χ2n) is 12.5. The fourth-order valence-corrected chi connectivity index (χ4v) is 7.50. The van der Waals surface area contributed by atoms with Crippen LogP contribution >= 0.6 is 17.1 Å². The highest BCUT2D eigenvalue weighted by Crippen LogP contribution is 2.48. The summed E-state index contributed by atoms with van der Waals surface area (Å²) in [7, 11) is 2.71. The van der Waals surface area contributed by atoms with Crippen molar-refractivity contribution in [1.29, 1.82) is 0 Å². The lowest BCUT2D eigenvalue weighted by Gasteiger charge is -2.38. The third-order valence-corrected chi connectivity index (χ3v) is 10.2. The molecule has 1 aliphatic rings. The number of anilines is 2. The number of methoxy groups -OCH3 is 2. The molecule has 9 nitrogen and oxygen atoms in total. The highest BCUT2D eigenvalue weighted by molar-refractivity contribution is 8.08. The second kappa shape index (κ2) is 15.8. The van der Waals surface area contributed by atoms with E-state index in [1.54, 1.807) is 25.2 Å². The zero-order chi connectivity index (χ0) is 37.0. The lowest BCUT2D eigenvalue weighted by atomic mass is 9.80. The van der Waals surface area contributed by atoms with Crippen molar-refractivity contribution in [3.8, 4) is 11.5 Å². The van der Waals surface area contributed by atoms with Crippen molar-refractivity contribution >= 4 is 51.2 Å². The smallest absolute Gasteiger partial charge is 0.359 e. The van der Waals surface area contributed by atoms with E-state index in [1.807, 2.05) is 135 Å². The molecule has 2 unspecified atom stereocenters. The first-order valence-electron chi connectivity index (χ1n) is 17.0. The van der Waals surface area contributed by atoms with Crippen molar-refractivity contribution in [2.24, 2.45) is 0 Å². The summed E-state index contributed by atoms with van der Waals surface area (Å²) in [5.41, 5.74) is 4.96. The molecule has 0 fully saturated rings. The van der Waals surface area contributed by atoms with Crippen molar-refractivity contribution < 1.29 is 32.5 Å². The molecule has 0 radical (unpaired) electrons. The molecule has 270 valence electrons. The Kier molecular flexibility index (Phi) is 10.7. The first-order chi connectivity index (χ1) is 25.8. The molecule has 0 saturated carbocycles. The van der Waals surface area contributed by atoms with Crippen LogP contribution in [0.15, 0.2) is 127 Å². The zero-order valence-electron chi connectivity index (χ0n) is 29.2. The second-order valence-corrected chi connectivity index (χ2v) is 14.4. The lowest BCUT2D eigenvalue weighted by Crippen LogP contribution is -2.43. The number of H-pyrrole nitrogens is 1. The lowest BCUT2D eigenvalue weighted by molar-refractivity contribution is -0.117. The minimum Gasteiger partial charge on any atom is -0.497 e. The summed E-state index contributed by atoms with van der Waals surface area (Å²) in [6.07, 6.45) is 0.595. The number of halogens is 1. The van der Waals surface area contributed by atoms with E-state index in [4.69, 9.17) is 18.7 Å². The monoisotopic (exact) mass is 749 g/mol. The Balaban J connectivity index is 1.23. The molecule has 7 rings (SSSR count). The molecule has 1 N–H and O–H groups in total. The van der Waals surface area contributed by atoms with Gasteiger partial charge in [-0.25, -0.2) is 4.79 Å². The maximum atomic E-state index is 14.3. The first kappa shape index (κ1) is 36.1. The Bertz CT molecular complexity index is 2150. The van der Waals surface area contributed by atoms with Crippen LogP contribution in [0.2, 0.25) is 0 Å². The number of hydrogen-bond donors (Lipinski definition) is 1. The summed E-state index contributed by atoms with van der Waals surface area (Å²) in [4.78, 5) is 33.5. The minimum absolute atomic E-state index is 0.0243. The molecular weight excluding hydrogens is 711 g/mol. The number of hydrogen-bond acceptors (Lipinski definition) is 7. The molecule has 0 spiro atoms. The van der Waals surface area contributed by atoms with Gasteiger partial charge in [0, 0.05) is 28.8 Å². The molecule has 0 aliphatic carbocycles. The molecule has 6 aromatic rings. The zero-order valence-corrected chi connectivity index (χ0v) is 31.2. The van der Waals surface area contributed by atoms with Crippen LogP contribution in [-0.2, 0) is 26.1 Å². The van der Waals surface area contributed by atoms with E-state index in [9.17, 15) is 13.8 Å². The van der Waals surface area contributed by atoms with E-state index < -0.39 is 19.7 Å². The largest absolute Gasteiger partial charge is 0.497 e. The third-order valence-electron chi connectivity index (χ3n) is 9.52. The molecule has 0 saturated heterocycles. The van der Waals surface area contributed by atoms with Crippen LogP contribution in [0, 0.1) is 0 Å². The van der Waals surface area contributed by atoms with Crippen molar-refractivity contribution in [2.45, 2.75) is 12.0 Å². The quantitative estimate of drug-likeness (QED) is 0.0717. The van der Waals surface area contributed by atoms with Gasteiger partial charge < -0.3 is 33.5 Å². The number of benzene rings is 5. The maximum absolute atomic E-state index is 14.3. The molecule has 2 heterocycles. The standard InChI is InChI=1S/C41H38FN3O6P2/c1-48-32-17-13-29(14-18-32)41(28-9-5-3-6-10-28,30-15-19-33(49-2)20-16-30)50-27-44(31-11-7-4-8-12-31)26-39(46)45-24-23-34-35-25-37(40(47)51-53(42)52)43-36(35)21-22-38(34)45/h3-22,25,43H,23-24,26-27,52H2,1-2H3. The summed E-state index contributed by atoms with van der Waals surface area (Å²) in [5.74, 6) is 0.556. The van der Waals surface area contributed by atoms with Crippen LogP contribution in [0.3, 0.4) is 0 Å². The van der Waals surface area contributed by atoms with Crippen LogP contribution < -0.4 is 19.3 Å². The van der Waals surface area contributed by atoms with E-state index in [2.05, 4.69) is 4.98 Å². The number of carbonyl (C=O) groups is 2. The van der Waals surface area contributed by atoms with E-state index in [1.165, 1.54) is 0 Å². The Morgan fingerprint density at radius 3 is 2.00 bits per heavy atom. The van der Waals surface area contributed by atoms with E-state index in [0.29, 0.717) is 18.5 Å². The number of fused-ring (bicyclic) bond motifs is 3. The van der Waals surface area contributed by atoms with Gasteiger partial charge in [-0.2, -0.15) is 4.20 Å². The van der Waals surface area contributed by atoms with Crippen molar-refractivity contribution in [3.05, 3.63) is 155 Å². The number of para-hydroxylation sites is 1. The van der Waals surface area contributed by atoms with Gasteiger partial charge in [-0.3, -0.25) is 4.79 Å². The predicted octanol–water partition coefficient (Wildman–Crippen LogP) is 8.78. The number of ether oxygens (including phenoxy) is 3. The Labute approximate surface area is 310 Å². The Morgan fingerprint density at radius 1 is 0.830 bits per heavy atom. The van der Waals surface area contributed by atoms with Gasteiger partial charge in [0.25, 0.3) is 8.15 Å². The molecular formula is C41H38FN3O6P2. The first-order valence-corrected chi connectivity index (χ1v) is 19.7. The van der Waals surface area contributed by atoms with Crippen molar-refractivity contribution in [2.75, 3.05) is 43.8 Å². The predicted molar refractivity (Wildman–Crippen MR) is 210 cm³/mol. The summed E-state index contributed by atoms with van der Waals surface area (Å²) < 4.78 is 36.4. The van der Waals surface area contributed by atoms with Gasteiger partial charge in [-0.05, 0) is 92.2 Å². The SMILES string of the molecule is COc1ccc(C(OCN(CC(=O)N2CCc3c2ccc2[nH]c(C(=O)OP(F)P)cc32)c2ccccc2)(c2ccccc2)c2ccc(OC)cc2)cc1. The van der Waals surface area contributed by atoms with Gasteiger partial charge in [0.2, 0.25) is 5.91 Å². The highest BCUT2D eigenvalue weighted by Gasteiger charge is 2.39. The fraction of sp³-hybridized carbons (Fsp3) is 0.171. The molecule has 53 heavy (non-hydrogen) atoms. The van der Waals surface area contributed by atoms with Crippen molar-refractivity contribution in [1.82, 2.24) is 4.98 Å². The van der Waals surface area contributed by atoms with Gasteiger partial charge in [0.05, 0.1) is 20.8 Å². The van der Waals surface area contributed by atoms with Crippen LogP contribution in [0.25, 0.3) is 10.9 Å². The molecule has 5 aromatic carbocycles. The topological polar surface area (TPSA) is 93.3 Å².